The van der Waals surface area contributed by atoms with Gasteiger partial charge in [-0.05, 0) is 12.1 Å². The molecule has 0 aliphatic heterocycles. The average Bonchev–Trinajstić information content (AvgIpc) is 2.27. The fourth-order valence-corrected chi connectivity index (χ4v) is 1.53. The molecule has 0 amide bonds. The summed E-state index contributed by atoms with van der Waals surface area (Å²) in [7, 11) is 0. The number of pyridine rings is 1. The molecule has 0 aliphatic carbocycles. The quantitative estimate of drug-likeness (QED) is 0.566. The minimum absolute atomic E-state index is 0. The van der Waals surface area contributed by atoms with E-state index in [1.54, 1.807) is 18.4 Å². The molecule has 7 heteroatoms. The fourth-order valence-electron chi connectivity index (χ4n) is 1.53. The predicted molar refractivity (Wildman–Crippen MR) is 58.1 cm³/mol. The summed E-state index contributed by atoms with van der Waals surface area (Å²) in [4.78, 5) is 13.9. The molecule has 1 heterocycles. The third-order valence-corrected chi connectivity index (χ3v) is 2.35. The van der Waals surface area contributed by atoms with Crippen molar-refractivity contribution in [2.75, 3.05) is 0 Å². The summed E-state index contributed by atoms with van der Waals surface area (Å²) < 4.78 is 37.4. The van der Waals surface area contributed by atoms with Crippen molar-refractivity contribution in [2.45, 2.75) is 12.6 Å². The summed E-state index contributed by atoms with van der Waals surface area (Å²) in [6.07, 6.45) is -1.85. The van der Waals surface area contributed by atoms with Crippen LogP contribution in [0, 0.1) is 0 Å². The van der Waals surface area contributed by atoms with Crippen molar-refractivity contribution >= 4 is 17.2 Å². The van der Waals surface area contributed by atoms with Gasteiger partial charge in [-0.1, -0.05) is 17.7 Å². The monoisotopic (exact) mass is 294 g/mol. The summed E-state index contributed by atoms with van der Waals surface area (Å²) in [5.74, 6) is 0. The molecule has 1 aromatic carbocycles. The first-order chi connectivity index (χ1) is 8.00. The molecule has 2 rings (SSSR count). The van der Waals surface area contributed by atoms with Crippen molar-refractivity contribution in [1.29, 1.82) is 0 Å². The van der Waals surface area contributed by atoms with Crippen molar-refractivity contribution in [3.8, 4) is 0 Å². The maximum Gasteiger partial charge on any atom is 1.00 e. The molecule has 0 saturated heterocycles. The van der Waals surface area contributed by atoms with E-state index in [9.17, 15) is 18.0 Å². The minimum Gasteiger partial charge on any atom is -0.870 e. The Morgan fingerprint density at radius 3 is 2.47 bits per heavy atom. The molecular formula is C12H8F3KNO2-. The summed E-state index contributed by atoms with van der Waals surface area (Å²) in [6.45, 7) is 0. The van der Waals surface area contributed by atoms with E-state index in [4.69, 9.17) is 0 Å². The van der Waals surface area contributed by atoms with Gasteiger partial charge in [-0.2, -0.15) is 13.2 Å². The Morgan fingerprint density at radius 1 is 1.21 bits per heavy atom. The standard InChI is InChI=1S/C12H7F3NO.K.H2O/c13-12(14,15)10-6-9-5-8(3-4-17)1-2-11(9)16-7-10;;/h1-2,5-7H,3H2;;1H2/q-1;+1;/p-1. The van der Waals surface area contributed by atoms with Crippen molar-refractivity contribution in [2.24, 2.45) is 0 Å². The minimum atomic E-state index is -4.41. The molecule has 0 fully saturated rings. The second kappa shape index (κ2) is 7.46. The number of halogens is 3. The normalized spacial score (nSPS) is 10.5. The second-order valence-corrected chi connectivity index (χ2v) is 3.57. The van der Waals surface area contributed by atoms with Gasteiger partial charge in [0.05, 0.1) is 11.1 Å². The van der Waals surface area contributed by atoms with Crippen molar-refractivity contribution in [3.63, 3.8) is 0 Å². The van der Waals surface area contributed by atoms with Gasteiger partial charge >= 0.3 is 57.6 Å². The van der Waals surface area contributed by atoms with Crippen molar-refractivity contribution < 1.29 is 74.8 Å². The average molecular weight is 294 g/mol. The van der Waals surface area contributed by atoms with Crippen LogP contribution in [0.5, 0.6) is 0 Å². The third-order valence-electron chi connectivity index (χ3n) is 2.35. The number of aromatic nitrogens is 1. The van der Waals surface area contributed by atoms with E-state index in [0.29, 0.717) is 16.5 Å². The van der Waals surface area contributed by atoms with Gasteiger partial charge in [0, 0.05) is 11.6 Å². The molecule has 3 nitrogen and oxygen atoms in total. The number of rotatable bonds is 2. The number of carbonyl (C=O) groups excluding carboxylic acids is 1. The summed E-state index contributed by atoms with van der Waals surface area (Å²) >= 11 is 0. The molecule has 1 aromatic heterocycles. The second-order valence-electron chi connectivity index (χ2n) is 3.57. The Hall–Kier alpha value is -0.314. The van der Waals surface area contributed by atoms with Crippen LogP contribution in [-0.4, -0.2) is 16.7 Å². The molecule has 0 radical (unpaired) electrons. The zero-order valence-electron chi connectivity index (χ0n) is 10.0. The van der Waals surface area contributed by atoms with Crippen molar-refractivity contribution in [1.82, 2.24) is 4.98 Å². The van der Waals surface area contributed by atoms with Gasteiger partial charge in [-0.25, -0.2) is 0 Å². The van der Waals surface area contributed by atoms with Crippen LogP contribution in [-0.2, 0) is 17.4 Å². The van der Waals surface area contributed by atoms with Crippen LogP contribution in [0.4, 0.5) is 13.2 Å². The van der Waals surface area contributed by atoms with Crippen LogP contribution in [0.15, 0.2) is 30.5 Å². The molecule has 0 unspecified atom stereocenters. The van der Waals surface area contributed by atoms with Crippen LogP contribution < -0.4 is 51.4 Å². The maximum atomic E-state index is 12.5. The van der Waals surface area contributed by atoms with E-state index in [1.807, 2.05) is 0 Å². The number of nitrogens with zero attached hydrogens (tertiary/aromatic N) is 1. The van der Waals surface area contributed by atoms with Crippen LogP contribution in [0.1, 0.15) is 11.1 Å². The molecule has 1 N–H and O–H groups in total. The van der Waals surface area contributed by atoms with Gasteiger partial charge in [-0.15, -0.1) is 6.42 Å². The SMILES string of the molecule is O=[C-]Cc1ccc2ncc(C(F)(F)F)cc2c1.[K+].[OH-]. The molecule has 0 bridgehead atoms. The van der Waals surface area contributed by atoms with E-state index in [-0.39, 0.29) is 63.3 Å². The Bertz CT molecular complexity index is 572. The Labute approximate surface area is 149 Å². The van der Waals surface area contributed by atoms with Crippen LogP contribution in [0.2, 0.25) is 0 Å². The topological polar surface area (TPSA) is 60.0 Å². The first-order valence-corrected chi connectivity index (χ1v) is 4.81. The first kappa shape index (κ1) is 18.7. The van der Waals surface area contributed by atoms with Gasteiger partial charge in [0.2, 0.25) is 0 Å². The van der Waals surface area contributed by atoms with E-state index in [2.05, 4.69) is 4.98 Å². The van der Waals surface area contributed by atoms with E-state index in [0.717, 1.165) is 12.3 Å². The number of hydrogen-bond acceptors (Lipinski definition) is 3. The van der Waals surface area contributed by atoms with Crippen molar-refractivity contribution in [3.05, 3.63) is 41.6 Å². The van der Waals surface area contributed by atoms with Gasteiger partial charge < -0.3 is 10.3 Å². The summed E-state index contributed by atoms with van der Waals surface area (Å²) in [6, 6.07) is 5.77. The van der Waals surface area contributed by atoms with Crippen LogP contribution >= 0.6 is 0 Å². The molecule has 0 saturated carbocycles. The van der Waals surface area contributed by atoms with E-state index >= 15 is 0 Å². The molecule has 0 spiro atoms. The van der Waals surface area contributed by atoms with Crippen LogP contribution in [0.25, 0.3) is 10.9 Å². The number of fused-ring (bicyclic) bond motifs is 1. The Balaban J connectivity index is 0.00000162. The van der Waals surface area contributed by atoms with Gasteiger partial charge in [-0.3, -0.25) is 11.3 Å². The van der Waals surface area contributed by atoms with E-state index in [1.165, 1.54) is 6.07 Å². The Kier molecular flexibility index (Phi) is 7.34. The molecule has 2 aromatic rings. The molecular weight excluding hydrogens is 286 g/mol. The smallest absolute Gasteiger partial charge is 0.870 e. The maximum absolute atomic E-state index is 12.5. The number of hydrogen-bond donors (Lipinski definition) is 0. The predicted octanol–water partition coefficient (Wildman–Crippen LogP) is -0.267. The van der Waals surface area contributed by atoms with Gasteiger partial charge in [0.25, 0.3) is 0 Å². The molecule has 0 atom stereocenters. The largest absolute Gasteiger partial charge is 1.00 e. The van der Waals surface area contributed by atoms with Gasteiger partial charge in [0.1, 0.15) is 0 Å². The zero-order chi connectivity index (χ0) is 12.5. The third kappa shape index (κ3) is 4.62. The summed E-state index contributed by atoms with van der Waals surface area (Å²) in [5, 5.41) is 0.368. The van der Waals surface area contributed by atoms with Crippen LogP contribution in [0.3, 0.4) is 0 Å². The fraction of sp³-hybridized carbons (Fsp3) is 0.167. The molecule has 19 heavy (non-hydrogen) atoms. The Morgan fingerprint density at radius 2 is 1.89 bits per heavy atom. The van der Waals surface area contributed by atoms with E-state index < -0.39 is 11.7 Å². The number of benzene rings is 1. The molecule has 96 valence electrons. The first-order valence-electron chi connectivity index (χ1n) is 4.81. The summed E-state index contributed by atoms with van der Waals surface area (Å²) in [5.41, 5.74) is 0.290. The van der Waals surface area contributed by atoms with Gasteiger partial charge in [0.15, 0.2) is 0 Å². The molecule has 0 aliphatic rings. The number of alkyl halides is 3. The zero-order valence-corrected chi connectivity index (χ0v) is 13.2.